The summed E-state index contributed by atoms with van der Waals surface area (Å²) in [5, 5.41) is 3.91. The average Bonchev–Trinajstić information content (AvgIpc) is 2.76. The Morgan fingerprint density at radius 2 is 1.71 bits per heavy atom. The molecule has 0 radical (unpaired) electrons. The molecule has 0 unspecified atom stereocenters. The van der Waals surface area contributed by atoms with Crippen LogP contribution in [0.3, 0.4) is 0 Å². The number of nitrogens with one attached hydrogen (secondary N) is 1. The van der Waals surface area contributed by atoms with Gasteiger partial charge in [0.2, 0.25) is 21.8 Å². The highest BCUT2D eigenvalue weighted by atomic mass is 35.5. The molecule has 0 aliphatic heterocycles. The molecule has 0 fully saturated rings. The molecule has 0 aliphatic carbocycles. The lowest BCUT2D eigenvalue weighted by atomic mass is 10.1. The second-order valence-corrected chi connectivity index (χ2v) is 10.9. The van der Waals surface area contributed by atoms with E-state index in [0.717, 1.165) is 17.0 Å². The van der Waals surface area contributed by atoms with Crippen LogP contribution in [0.1, 0.15) is 32.3 Å². The zero-order chi connectivity index (χ0) is 25.5. The summed E-state index contributed by atoms with van der Waals surface area (Å²) >= 11 is 18.4. The molecule has 2 aromatic rings. The van der Waals surface area contributed by atoms with Crippen LogP contribution in [0.5, 0.6) is 0 Å². The first-order chi connectivity index (χ1) is 16.0. The van der Waals surface area contributed by atoms with Gasteiger partial charge in [-0.2, -0.15) is 0 Å². The fourth-order valence-corrected chi connectivity index (χ4v) is 4.86. The highest BCUT2D eigenvalue weighted by Crippen LogP contribution is 2.25. The molecule has 2 amide bonds. The third-order valence-corrected chi connectivity index (χ3v) is 7.03. The number of halogens is 3. The molecule has 0 bridgehead atoms. The highest BCUT2D eigenvalue weighted by molar-refractivity contribution is 7.92. The predicted octanol–water partition coefficient (Wildman–Crippen LogP) is 4.75. The minimum absolute atomic E-state index is 0.0000347. The van der Waals surface area contributed by atoms with Crippen LogP contribution in [0.4, 0.5) is 5.69 Å². The van der Waals surface area contributed by atoms with Crippen LogP contribution in [-0.2, 0) is 26.2 Å². The van der Waals surface area contributed by atoms with Crippen LogP contribution in [0.2, 0.25) is 15.1 Å². The molecular weight excluding hydrogens is 521 g/mol. The normalized spacial score (nSPS) is 12.2. The Hall–Kier alpha value is -2.00. The molecule has 186 valence electrons. The van der Waals surface area contributed by atoms with Crippen LogP contribution >= 0.6 is 34.8 Å². The van der Waals surface area contributed by atoms with Crippen molar-refractivity contribution in [2.24, 2.45) is 0 Å². The quantitative estimate of drug-likeness (QED) is 0.439. The first-order valence-corrected chi connectivity index (χ1v) is 13.7. The minimum Gasteiger partial charge on any atom is -0.354 e. The maximum absolute atomic E-state index is 13.6. The summed E-state index contributed by atoms with van der Waals surface area (Å²) in [5.41, 5.74) is 0.825. The van der Waals surface area contributed by atoms with Gasteiger partial charge in [-0.25, -0.2) is 8.42 Å². The molecular formula is C23H28Cl3N3O4S. The average molecular weight is 549 g/mol. The fourth-order valence-electron chi connectivity index (χ4n) is 3.36. The Bertz CT molecular complexity index is 1130. The number of benzene rings is 2. The Kier molecular flexibility index (Phi) is 10.5. The Morgan fingerprint density at radius 3 is 2.26 bits per heavy atom. The monoisotopic (exact) mass is 547 g/mol. The maximum atomic E-state index is 13.6. The van der Waals surface area contributed by atoms with Crippen molar-refractivity contribution in [3.63, 3.8) is 0 Å². The van der Waals surface area contributed by atoms with E-state index in [1.165, 1.54) is 11.0 Å². The summed E-state index contributed by atoms with van der Waals surface area (Å²) in [4.78, 5) is 27.8. The van der Waals surface area contributed by atoms with Crippen LogP contribution in [-0.4, -0.2) is 50.5 Å². The zero-order valence-electron chi connectivity index (χ0n) is 19.2. The summed E-state index contributed by atoms with van der Waals surface area (Å²) in [6, 6.07) is 10.2. The molecule has 2 rings (SSSR count). The van der Waals surface area contributed by atoms with E-state index in [9.17, 15) is 18.0 Å². The lowest BCUT2D eigenvalue weighted by molar-refractivity contribution is -0.140. The van der Waals surface area contributed by atoms with Crippen molar-refractivity contribution < 1.29 is 18.0 Å². The van der Waals surface area contributed by atoms with E-state index in [-0.39, 0.29) is 18.1 Å². The summed E-state index contributed by atoms with van der Waals surface area (Å²) in [5.74, 6) is -0.883. The minimum atomic E-state index is -3.83. The second-order valence-electron chi connectivity index (χ2n) is 7.72. The molecule has 34 heavy (non-hydrogen) atoms. The number of rotatable bonds is 11. The SMILES string of the molecule is CCCNC(=O)[C@H](CC)N(Cc1ccc(Cl)cc1Cl)C(=O)CN(c1cccc(Cl)c1)S(C)(=O)=O. The first kappa shape index (κ1) is 28.2. The van der Waals surface area contributed by atoms with Crippen molar-refractivity contribution in [3.05, 3.63) is 63.1 Å². The third-order valence-electron chi connectivity index (χ3n) is 5.07. The van der Waals surface area contributed by atoms with Gasteiger partial charge in [0, 0.05) is 28.2 Å². The maximum Gasteiger partial charge on any atom is 0.244 e. The predicted molar refractivity (Wildman–Crippen MR) is 138 cm³/mol. The van der Waals surface area contributed by atoms with Gasteiger partial charge in [0.15, 0.2) is 0 Å². The number of carbonyl (C=O) groups excluding carboxylic acids is 2. The largest absolute Gasteiger partial charge is 0.354 e. The summed E-state index contributed by atoms with van der Waals surface area (Å²) < 4.78 is 26.1. The topological polar surface area (TPSA) is 86.8 Å². The number of carbonyl (C=O) groups is 2. The molecule has 0 spiro atoms. The van der Waals surface area contributed by atoms with Gasteiger partial charge in [0.25, 0.3) is 0 Å². The van der Waals surface area contributed by atoms with Crippen molar-refractivity contribution in [1.82, 2.24) is 10.2 Å². The van der Waals surface area contributed by atoms with Crippen LogP contribution in [0.25, 0.3) is 0 Å². The third kappa shape index (κ3) is 7.77. The lowest BCUT2D eigenvalue weighted by Crippen LogP contribution is -2.52. The number of amides is 2. The smallest absolute Gasteiger partial charge is 0.244 e. The second kappa shape index (κ2) is 12.6. The summed E-state index contributed by atoms with van der Waals surface area (Å²) in [6.07, 6.45) is 2.06. The van der Waals surface area contributed by atoms with Crippen molar-refractivity contribution >= 4 is 62.3 Å². The number of anilines is 1. The molecule has 11 heteroatoms. The van der Waals surface area contributed by atoms with E-state index in [1.54, 1.807) is 43.3 Å². The van der Waals surface area contributed by atoms with Gasteiger partial charge in [0.05, 0.1) is 11.9 Å². The molecule has 1 atom stereocenters. The summed E-state index contributed by atoms with van der Waals surface area (Å²) in [7, 11) is -3.83. The van der Waals surface area contributed by atoms with E-state index in [4.69, 9.17) is 34.8 Å². The van der Waals surface area contributed by atoms with E-state index >= 15 is 0 Å². The Labute approximate surface area is 216 Å². The molecule has 0 heterocycles. The van der Waals surface area contributed by atoms with Crippen molar-refractivity contribution in [2.75, 3.05) is 23.7 Å². The molecule has 1 N–H and O–H groups in total. The molecule has 0 saturated heterocycles. The highest BCUT2D eigenvalue weighted by Gasteiger charge is 2.32. The molecule has 0 saturated carbocycles. The molecule has 0 aliphatic rings. The molecule has 0 aromatic heterocycles. The van der Waals surface area contributed by atoms with E-state index in [1.807, 2.05) is 6.92 Å². The van der Waals surface area contributed by atoms with E-state index < -0.39 is 28.5 Å². The standard InChI is InChI=1S/C23H28Cl3N3O4S/c1-4-11-27-23(31)21(5-2)28(14-16-9-10-18(25)13-20(16)26)22(30)15-29(34(3,32)33)19-8-6-7-17(24)12-19/h6-10,12-13,21H,4-5,11,14-15H2,1-3H3,(H,27,31)/t21-/m0/s1. The van der Waals surface area contributed by atoms with Gasteiger partial charge >= 0.3 is 0 Å². The lowest BCUT2D eigenvalue weighted by Gasteiger charge is -2.33. The molecule has 7 nitrogen and oxygen atoms in total. The number of hydrogen-bond donors (Lipinski definition) is 1. The number of hydrogen-bond acceptors (Lipinski definition) is 4. The fraction of sp³-hybridized carbons (Fsp3) is 0.391. The van der Waals surface area contributed by atoms with Crippen molar-refractivity contribution in [3.8, 4) is 0 Å². The first-order valence-electron chi connectivity index (χ1n) is 10.7. The number of nitrogens with zero attached hydrogens (tertiary/aromatic N) is 2. The van der Waals surface area contributed by atoms with Gasteiger partial charge in [0.1, 0.15) is 12.6 Å². The van der Waals surface area contributed by atoms with Gasteiger partial charge in [-0.3, -0.25) is 13.9 Å². The zero-order valence-corrected chi connectivity index (χ0v) is 22.3. The van der Waals surface area contributed by atoms with Gasteiger partial charge in [-0.15, -0.1) is 0 Å². The van der Waals surface area contributed by atoms with Gasteiger partial charge in [-0.05, 0) is 48.7 Å². The molecule has 2 aromatic carbocycles. The van der Waals surface area contributed by atoms with Gasteiger partial charge < -0.3 is 10.2 Å². The van der Waals surface area contributed by atoms with Crippen molar-refractivity contribution in [1.29, 1.82) is 0 Å². The van der Waals surface area contributed by atoms with Gasteiger partial charge in [-0.1, -0.05) is 60.8 Å². The van der Waals surface area contributed by atoms with Crippen LogP contribution in [0.15, 0.2) is 42.5 Å². The number of sulfonamides is 1. The van der Waals surface area contributed by atoms with E-state index in [2.05, 4.69) is 5.32 Å². The van der Waals surface area contributed by atoms with Crippen molar-refractivity contribution in [2.45, 2.75) is 39.3 Å². The van der Waals surface area contributed by atoms with E-state index in [0.29, 0.717) is 33.6 Å². The Balaban J connectivity index is 2.46. The van der Waals surface area contributed by atoms with Crippen LogP contribution in [0, 0.1) is 0 Å². The summed E-state index contributed by atoms with van der Waals surface area (Å²) in [6.45, 7) is 3.65. The Morgan fingerprint density at radius 1 is 1.03 bits per heavy atom. The van der Waals surface area contributed by atoms with Crippen LogP contribution < -0.4 is 9.62 Å².